The molecule has 4 heteroatoms. The molecule has 88 valence electrons. The van der Waals surface area contributed by atoms with Crippen LogP contribution < -0.4 is 4.74 Å². The number of ether oxygens (including phenoxy) is 2. The Labute approximate surface area is 100 Å². The lowest BCUT2D eigenvalue weighted by Gasteiger charge is -2.09. The summed E-state index contributed by atoms with van der Waals surface area (Å²) in [4.78, 5) is 11.6. The summed E-state index contributed by atoms with van der Waals surface area (Å²) in [6.45, 7) is 2.36. The summed E-state index contributed by atoms with van der Waals surface area (Å²) in [7, 11) is 1.52. The molecule has 1 rings (SSSR count). The molecule has 0 aliphatic heterocycles. The van der Waals surface area contributed by atoms with Gasteiger partial charge >= 0.3 is 5.97 Å². The summed E-state index contributed by atoms with van der Waals surface area (Å²) >= 11 is 5.70. The first-order chi connectivity index (χ1) is 7.72. The van der Waals surface area contributed by atoms with Gasteiger partial charge in [-0.3, -0.25) is 0 Å². The lowest BCUT2D eigenvalue weighted by Crippen LogP contribution is -2.08. The summed E-state index contributed by atoms with van der Waals surface area (Å²) in [6, 6.07) is 5.21. The van der Waals surface area contributed by atoms with Gasteiger partial charge in [-0.15, -0.1) is 11.6 Å². The monoisotopic (exact) mass is 242 g/mol. The van der Waals surface area contributed by atoms with Gasteiger partial charge < -0.3 is 9.47 Å². The summed E-state index contributed by atoms with van der Waals surface area (Å²) in [5.41, 5.74) is 1.34. The molecule has 0 aliphatic carbocycles. The van der Waals surface area contributed by atoms with Crippen LogP contribution in [0.5, 0.6) is 5.75 Å². The molecule has 0 unspecified atom stereocenters. The number of alkyl halides is 1. The van der Waals surface area contributed by atoms with Crippen molar-refractivity contribution in [1.29, 1.82) is 0 Å². The van der Waals surface area contributed by atoms with Gasteiger partial charge in [0.1, 0.15) is 11.3 Å². The highest BCUT2D eigenvalue weighted by atomic mass is 35.5. The maximum Gasteiger partial charge on any atom is 0.341 e. The first-order valence-electron chi connectivity index (χ1n) is 5.13. The van der Waals surface area contributed by atoms with Crippen LogP contribution in [0.2, 0.25) is 0 Å². The Morgan fingerprint density at radius 1 is 1.44 bits per heavy atom. The predicted octanol–water partition coefficient (Wildman–Crippen LogP) is 3.00. The lowest BCUT2D eigenvalue weighted by atomic mass is 10.1. The highest BCUT2D eigenvalue weighted by molar-refractivity contribution is 6.17. The highest BCUT2D eigenvalue weighted by Gasteiger charge is 2.13. The molecule has 0 radical (unpaired) electrons. The van der Waals surface area contributed by atoms with Crippen LogP contribution in [0.1, 0.15) is 29.3 Å². The molecule has 0 fully saturated rings. The molecule has 0 aromatic heterocycles. The van der Waals surface area contributed by atoms with Crippen molar-refractivity contribution in [2.45, 2.75) is 19.2 Å². The first-order valence-corrected chi connectivity index (χ1v) is 5.66. The van der Waals surface area contributed by atoms with E-state index in [1.807, 2.05) is 6.92 Å². The molecule has 3 nitrogen and oxygen atoms in total. The van der Waals surface area contributed by atoms with Gasteiger partial charge in [-0.25, -0.2) is 4.79 Å². The number of methoxy groups -OCH3 is 1. The number of carbonyl (C=O) groups is 1. The number of hydrogen-bond donors (Lipinski definition) is 0. The fourth-order valence-electron chi connectivity index (χ4n) is 1.26. The van der Waals surface area contributed by atoms with E-state index in [0.717, 1.165) is 12.0 Å². The summed E-state index contributed by atoms with van der Waals surface area (Å²) in [5, 5.41) is 0. The summed E-state index contributed by atoms with van der Waals surface area (Å²) in [6.07, 6.45) is 0.799. The Kier molecular flexibility index (Phi) is 5.12. The third kappa shape index (κ3) is 3.14. The Hall–Kier alpha value is -1.22. The summed E-state index contributed by atoms with van der Waals surface area (Å²) < 4.78 is 10.2. The Morgan fingerprint density at radius 2 is 2.19 bits per heavy atom. The minimum absolute atomic E-state index is 0.361. The lowest BCUT2D eigenvalue weighted by molar-refractivity contribution is 0.0501. The second-order valence-electron chi connectivity index (χ2n) is 3.30. The molecular formula is C12H15ClO3. The van der Waals surface area contributed by atoms with Gasteiger partial charge in [0.2, 0.25) is 0 Å². The smallest absolute Gasteiger partial charge is 0.341 e. The zero-order chi connectivity index (χ0) is 12.0. The fourth-order valence-corrected chi connectivity index (χ4v) is 1.43. The Balaban J connectivity index is 2.90. The van der Waals surface area contributed by atoms with E-state index in [0.29, 0.717) is 23.8 Å². The van der Waals surface area contributed by atoms with Gasteiger partial charge in [-0.05, 0) is 24.1 Å². The van der Waals surface area contributed by atoms with Crippen LogP contribution >= 0.6 is 11.6 Å². The number of esters is 1. The fraction of sp³-hybridized carbons (Fsp3) is 0.417. The van der Waals surface area contributed by atoms with E-state index in [1.165, 1.54) is 7.11 Å². The van der Waals surface area contributed by atoms with Crippen molar-refractivity contribution in [3.8, 4) is 5.75 Å². The van der Waals surface area contributed by atoms with Gasteiger partial charge in [0.25, 0.3) is 0 Å². The van der Waals surface area contributed by atoms with E-state index < -0.39 is 0 Å². The highest BCUT2D eigenvalue weighted by Crippen LogP contribution is 2.22. The van der Waals surface area contributed by atoms with Crippen LogP contribution in [0.3, 0.4) is 0 Å². The van der Waals surface area contributed by atoms with E-state index in [2.05, 4.69) is 0 Å². The average molecular weight is 243 g/mol. The topological polar surface area (TPSA) is 35.5 Å². The van der Waals surface area contributed by atoms with Crippen molar-refractivity contribution in [3.05, 3.63) is 29.3 Å². The largest absolute Gasteiger partial charge is 0.496 e. The molecule has 0 saturated heterocycles. The van der Waals surface area contributed by atoms with Crippen LogP contribution in [0.4, 0.5) is 0 Å². The van der Waals surface area contributed by atoms with E-state index in [1.54, 1.807) is 18.2 Å². The van der Waals surface area contributed by atoms with E-state index in [9.17, 15) is 4.79 Å². The predicted molar refractivity (Wildman–Crippen MR) is 63.1 cm³/mol. The zero-order valence-electron chi connectivity index (χ0n) is 9.46. The minimum atomic E-state index is -0.361. The average Bonchev–Trinajstić information content (AvgIpc) is 2.34. The molecule has 0 spiro atoms. The second kappa shape index (κ2) is 6.38. The maximum atomic E-state index is 11.6. The van der Waals surface area contributed by atoms with Crippen molar-refractivity contribution in [2.75, 3.05) is 13.7 Å². The van der Waals surface area contributed by atoms with Gasteiger partial charge in [0, 0.05) is 5.88 Å². The van der Waals surface area contributed by atoms with Crippen molar-refractivity contribution in [1.82, 2.24) is 0 Å². The van der Waals surface area contributed by atoms with Crippen LogP contribution in [0.15, 0.2) is 18.2 Å². The van der Waals surface area contributed by atoms with Crippen molar-refractivity contribution in [3.63, 3.8) is 0 Å². The molecule has 0 N–H and O–H groups in total. The van der Waals surface area contributed by atoms with Crippen molar-refractivity contribution in [2.24, 2.45) is 0 Å². The van der Waals surface area contributed by atoms with Crippen molar-refractivity contribution >= 4 is 17.6 Å². The zero-order valence-corrected chi connectivity index (χ0v) is 10.2. The number of benzene rings is 1. The normalized spacial score (nSPS) is 9.94. The molecule has 16 heavy (non-hydrogen) atoms. The third-order valence-electron chi connectivity index (χ3n) is 2.08. The third-order valence-corrected chi connectivity index (χ3v) is 2.39. The van der Waals surface area contributed by atoms with Crippen LogP contribution in [0.25, 0.3) is 0 Å². The van der Waals surface area contributed by atoms with Crippen LogP contribution in [-0.2, 0) is 10.6 Å². The molecular weight excluding hydrogens is 228 g/mol. The molecule has 0 heterocycles. The number of hydrogen-bond acceptors (Lipinski definition) is 3. The second-order valence-corrected chi connectivity index (χ2v) is 3.57. The molecule has 0 aliphatic rings. The molecule has 1 aromatic rings. The van der Waals surface area contributed by atoms with E-state index >= 15 is 0 Å². The first kappa shape index (κ1) is 12.8. The molecule has 1 aromatic carbocycles. The van der Waals surface area contributed by atoms with E-state index in [4.69, 9.17) is 21.1 Å². The summed E-state index contributed by atoms with van der Waals surface area (Å²) in [5.74, 6) is 0.528. The van der Waals surface area contributed by atoms with Gasteiger partial charge in [-0.1, -0.05) is 13.0 Å². The Morgan fingerprint density at radius 3 is 2.75 bits per heavy atom. The van der Waals surface area contributed by atoms with Crippen LogP contribution in [0, 0.1) is 0 Å². The molecule has 0 atom stereocenters. The molecule has 0 bridgehead atoms. The Bertz CT molecular complexity index is 363. The van der Waals surface area contributed by atoms with E-state index in [-0.39, 0.29) is 5.97 Å². The van der Waals surface area contributed by atoms with Gasteiger partial charge in [0.15, 0.2) is 0 Å². The SMILES string of the molecule is CCCOC(=O)c1ccc(CCl)cc1OC. The minimum Gasteiger partial charge on any atom is -0.496 e. The van der Waals surface area contributed by atoms with Crippen molar-refractivity contribution < 1.29 is 14.3 Å². The van der Waals surface area contributed by atoms with Crippen LogP contribution in [-0.4, -0.2) is 19.7 Å². The standard InChI is InChI=1S/C12H15ClO3/c1-3-6-16-12(14)10-5-4-9(8-13)7-11(10)15-2/h4-5,7H,3,6,8H2,1-2H3. The number of rotatable bonds is 5. The number of carbonyl (C=O) groups excluding carboxylic acids is 1. The quantitative estimate of drug-likeness (QED) is 0.588. The maximum absolute atomic E-state index is 11.6. The van der Waals surface area contributed by atoms with Gasteiger partial charge in [0.05, 0.1) is 13.7 Å². The molecule has 0 amide bonds. The number of halogens is 1. The molecule has 0 saturated carbocycles. The van der Waals surface area contributed by atoms with Gasteiger partial charge in [-0.2, -0.15) is 0 Å².